The molecule has 0 aliphatic rings. The van der Waals surface area contributed by atoms with Crippen molar-refractivity contribution >= 4 is 11.6 Å². The van der Waals surface area contributed by atoms with E-state index in [0.29, 0.717) is 13.0 Å². The van der Waals surface area contributed by atoms with E-state index in [9.17, 15) is 13.6 Å². The van der Waals surface area contributed by atoms with Crippen LogP contribution in [-0.4, -0.2) is 23.9 Å². The molecule has 0 unspecified atom stereocenters. The van der Waals surface area contributed by atoms with Crippen LogP contribution in [0.5, 0.6) is 0 Å². The number of carbonyl (C=O) groups is 1. The van der Waals surface area contributed by atoms with E-state index >= 15 is 0 Å². The molecule has 0 aromatic heterocycles. The quantitative estimate of drug-likeness (QED) is 0.658. The molecule has 2 N–H and O–H groups in total. The maximum absolute atomic E-state index is 13.7. The Morgan fingerprint density at radius 1 is 1.50 bits per heavy atom. The van der Waals surface area contributed by atoms with Crippen molar-refractivity contribution < 1.29 is 13.6 Å². The number of nitrogen functional groups attached to an aromatic ring is 1. The van der Waals surface area contributed by atoms with Gasteiger partial charge in [0.25, 0.3) is 5.91 Å². The molecule has 1 amide bonds. The van der Waals surface area contributed by atoms with Crippen molar-refractivity contribution in [1.82, 2.24) is 4.90 Å². The van der Waals surface area contributed by atoms with Crippen LogP contribution in [0, 0.1) is 24.0 Å². The fourth-order valence-electron chi connectivity index (χ4n) is 1.57. The summed E-state index contributed by atoms with van der Waals surface area (Å²) in [5.41, 5.74) is 4.50. The standard InChI is InChI=1S/C13H14F2N2O/c1-3-5-17(6-4-2)13(18)10-7-9(14)8-11(16)12(10)15/h1,7-8H,4-6,16H2,2H3. The molecule has 0 heterocycles. The average Bonchev–Trinajstić information content (AvgIpc) is 2.32. The van der Waals surface area contributed by atoms with Gasteiger partial charge in [-0.1, -0.05) is 12.8 Å². The van der Waals surface area contributed by atoms with Crippen LogP contribution in [0.1, 0.15) is 23.7 Å². The SMILES string of the molecule is C#CCN(CCC)C(=O)c1cc(F)cc(N)c1F. The van der Waals surface area contributed by atoms with E-state index in [4.69, 9.17) is 12.2 Å². The van der Waals surface area contributed by atoms with Crippen molar-refractivity contribution in [3.05, 3.63) is 29.3 Å². The minimum absolute atomic E-state index is 0.0442. The van der Waals surface area contributed by atoms with Gasteiger partial charge in [0.1, 0.15) is 5.82 Å². The summed E-state index contributed by atoms with van der Waals surface area (Å²) in [5.74, 6) is -0.0168. The number of carbonyl (C=O) groups excluding carboxylic acids is 1. The lowest BCUT2D eigenvalue weighted by atomic mass is 10.1. The highest BCUT2D eigenvalue weighted by molar-refractivity contribution is 5.95. The Morgan fingerprint density at radius 2 is 2.17 bits per heavy atom. The lowest BCUT2D eigenvalue weighted by Crippen LogP contribution is -2.33. The van der Waals surface area contributed by atoms with E-state index < -0.39 is 28.8 Å². The van der Waals surface area contributed by atoms with Gasteiger partial charge in [-0.3, -0.25) is 4.79 Å². The number of halogens is 2. The number of hydrogen-bond donors (Lipinski definition) is 1. The van der Waals surface area contributed by atoms with Crippen LogP contribution in [0.15, 0.2) is 12.1 Å². The summed E-state index contributed by atoms with van der Waals surface area (Å²) in [6, 6.07) is 1.66. The zero-order chi connectivity index (χ0) is 13.7. The number of amides is 1. The van der Waals surface area contributed by atoms with Crippen molar-refractivity contribution in [1.29, 1.82) is 0 Å². The van der Waals surface area contributed by atoms with Crippen molar-refractivity contribution in [3.63, 3.8) is 0 Å². The molecule has 0 aliphatic heterocycles. The molecule has 18 heavy (non-hydrogen) atoms. The number of nitrogens with zero attached hydrogens (tertiary/aromatic N) is 1. The van der Waals surface area contributed by atoms with E-state index in [-0.39, 0.29) is 6.54 Å². The molecule has 96 valence electrons. The number of anilines is 1. The van der Waals surface area contributed by atoms with Crippen LogP contribution >= 0.6 is 0 Å². The van der Waals surface area contributed by atoms with Crippen LogP contribution in [0.2, 0.25) is 0 Å². The lowest BCUT2D eigenvalue weighted by molar-refractivity contribution is 0.0772. The fraction of sp³-hybridized carbons (Fsp3) is 0.308. The topological polar surface area (TPSA) is 46.3 Å². The Hall–Kier alpha value is -2.09. The van der Waals surface area contributed by atoms with Crippen molar-refractivity contribution in [2.24, 2.45) is 0 Å². The van der Waals surface area contributed by atoms with Crippen molar-refractivity contribution in [2.75, 3.05) is 18.8 Å². The molecular formula is C13H14F2N2O. The zero-order valence-corrected chi connectivity index (χ0v) is 10.0. The molecule has 1 aromatic carbocycles. The molecule has 0 saturated heterocycles. The summed E-state index contributed by atoms with van der Waals surface area (Å²) in [6.07, 6.45) is 5.80. The second kappa shape index (κ2) is 6.01. The van der Waals surface area contributed by atoms with Gasteiger partial charge in [0, 0.05) is 6.54 Å². The van der Waals surface area contributed by atoms with Crippen LogP contribution in [0.25, 0.3) is 0 Å². The summed E-state index contributed by atoms with van der Waals surface area (Å²) < 4.78 is 26.8. The number of nitrogens with two attached hydrogens (primary N) is 1. The Morgan fingerprint density at radius 3 is 2.72 bits per heavy atom. The van der Waals surface area contributed by atoms with E-state index in [2.05, 4.69) is 5.92 Å². The predicted molar refractivity (Wildman–Crippen MR) is 65.8 cm³/mol. The molecule has 5 heteroatoms. The first-order chi connectivity index (χ1) is 8.51. The molecule has 0 atom stereocenters. The molecule has 0 radical (unpaired) electrons. The van der Waals surface area contributed by atoms with Gasteiger partial charge in [0.05, 0.1) is 17.8 Å². The molecule has 0 saturated carbocycles. The van der Waals surface area contributed by atoms with Gasteiger partial charge in [-0.2, -0.15) is 0 Å². The molecule has 3 nitrogen and oxygen atoms in total. The maximum atomic E-state index is 13.7. The van der Waals surface area contributed by atoms with E-state index in [1.165, 1.54) is 4.90 Å². The summed E-state index contributed by atoms with van der Waals surface area (Å²) >= 11 is 0. The minimum Gasteiger partial charge on any atom is -0.396 e. The van der Waals surface area contributed by atoms with E-state index in [1.807, 2.05) is 6.92 Å². The van der Waals surface area contributed by atoms with Crippen molar-refractivity contribution in [3.8, 4) is 12.3 Å². The van der Waals surface area contributed by atoms with Gasteiger partial charge < -0.3 is 10.6 Å². The summed E-state index contributed by atoms with van der Waals surface area (Å²) in [4.78, 5) is 13.3. The molecular weight excluding hydrogens is 238 g/mol. The molecule has 0 spiro atoms. The van der Waals surface area contributed by atoms with E-state index in [0.717, 1.165) is 12.1 Å². The summed E-state index contributed by atoms with van der Waals surface area (Å²) in [5, 5.41) is 0. The Bertz CT molecular complexity index is 494. The first-order valence-corrected chi connectivity index (χ1v) is 5.48. The van der Waals surface area contributed by atoms with Gasteiger partial charge in [0.2, 0.25) is 0 Å². The number of benzene rings is 1. The van der Waals surface area contributed by atoms with Gasteiger partial charge in [-0.25, -0.2) is 8.78 Å². The zero-order valence-electron chi connectivity index (χ0n) is 10.0. The second-order valence-corrected chi connectivity index (χ2v) is 3.79. The first-order valence-electron chi connectivity index (χ1n) is 5.48. The highest BCUT2D eigenvalue weighted by Crippen LogP contribution is 2.19. The predicted octanol–water partition coefficient (Wildman–Crippen LogP) is 2.03. The Labute approximate surface area is 105 Å². The van der Waals surface area contributed by atoms with Gasteiger partial charge in [-0.15, -0.1) is 6.42 Å². The minimum atomic E-state index is -0.917. The molecule has 0 bridgehead atoms. The Balaban J connectivity index is 3.12. The largest absolute Gasteiger partial charge is 0.396 e. The second-order valence-electron chi connectivity index (χ2n) is 3.79. The first kappa shape index (κ1) is 14.0. The number of rotatable bonds is 4. The Kier molecular flexibility index (Phi) is 4.67. The maximum Gasteiger partial charge on any atom is 0.257 e. The molecule has 0 fully saturated rings. The highest BCUT2D eigenvalue weighted by Gasteiger charge is 2.20. The third kappa shape index (κ3) is 2.98. The van der Waals surface area contributed by atoms with Crippen LogP contribution in [-0.2, 0) is 0 Å². The van der Waals surface area contributed by atoms with Gasteiger partial charge >= 0.3 is 0 Å². The van der Waals surface area contributed by atoms with Crippen LogP contribution in [0.3, 0.4) is 0 Å². The normalized spacial score (nSPS) is 9.89. The average molecular weight is 252 g/mol. The number of terminal acetylenes is 1. The summed E-state index contributed by atoms with van der Waals surface area (Å²) in [6.45, 7) is 2.27. The van der Waals surface area contributed by atoms with Crippen molar-refractivity contribution in [2.45, 2.75) is 13.3 Å². The van der Waals surface area contributed by atoms with Gasteiger partial charge in [-0.05, 0) is 18.6 Å². The lowest BCUT2D eigenvalue weighted by Gasteiger charge is -2.20. The smallest absolute Gasteiger partial charge is 0.257 e. The third-order valence-electron chi connectivity index (χ3n) is 2.36. The monoisotopic (exact) mass is 252 g/mol. The molecule has 0 aliphatic carbocycles. The molecule has 1 aromatic rings. The number of hydrogen-bond acceptors (Lipinski definition) is 2. The molecule has 1 rings (SSSR count). The summed E-state index contributed by atoms with van der Waals surface area (Å²) in [7, 11) is 0. The fourth-order valence-corrected chi connectivity index (χ4v) is 1.57. The van der Waals surface area contributed by atoms with E-state index in [1.54, 1.807) is 0 Å². The van der Waals surface area contributed by atoms with Crippen LogP contribution in [0.4, 0.5) is 14.5 Å². The van der Waals surface area contributed by atoms with Gasteiger partial charge in [0.15, 0.2) is 5.82 Å². The third-order valence-corrected chi connectivity index (χ3v) is 2.36. The van der Waals surface area contributed by atoms with Crippen LogP contribution < -0.4 is 5.73 Å². The highest BCUT2D eigenvalue weighted by atomic mass is 19.1.